The quantitative estimate of drug-likeness (QED) is 0.852. The molecule has 2 rings (SSSR count). The van der Waals surface area contributed by atoms with Crippen LogP contribution in [0.3, 0.4) is 0 Å². The van der Waals surface area contributed by atoms with Crippen LogP contribution in [0.15, 0.2) is 36.5 Å². The molecule has 0 aliphatic carbocycles. The molecule has 1 heterocycles. The molecule has 82 valence electrons. The van der Waals surface area contributed by atoms with E-state index in [4.69, 9.17) is 5.11 Å². The third-order valence-electron chi connectivity index (χ3n) is 2.50. The van der Waals surface area contributed by atoms with Crippen molar-refractivity contribution in [3.05, 3.63) is 47.8 Å². The Morgan fingerprint density at radius 2 is 1.88 bits per heavy atom. The first kappa shape index (κ1) is 10.8. The van der Waals surface area contributed by atoms with E-state index >= 15 is 0 Å². The lowest BCUT2D eigenvalue weighted by molar-refractivity contribution is 0.277. The van der Waals surface area contributed by atoms with Crippen LogP contribution in [-0.2, 0) is 13.0 Å². The molecule has 0 amide bonds. The molecule has 0 fully saturated rings. The Morgan fingerprint density at radius 3 is 2.50 bits per heavy atom. The van der Waals surface area contributed by atoms with Gasteiger partial charge in [-0.05, 0) is 18.1 Å². The fourth-order valence-corrected chi connectivity index (χ4v) is 1.51. The summed E-state index contributed by atoms with van der Waals surface area (Å²) in [6.45, 7) is 2.07. The summed E-state index contributed by atoms with van der Waals surface area (Å²) < 4.78 is 0. The van der Waals surface area contributed by atoms with Crippen LogP contribution in [0, 0.1) is 0 Å². The highest BCUT2D eigenvalue weighted by atomic mass is 16.3. The van der Waals surface area contributed by atoms with Gasteiger partial charge < -0.3 is 5.11 Å². The molecule has 0 aliphatic rings. The topological polar surface area (TPSA) is 46.0 Å². The van der Waals surface area contributed by atoms with Crippen LogP contribution in [0.1, 0.15) is 18.2 Å². The number of aliphatic hydroxyl groups is 1. The summed E-state index contributed by atoms with van der Waals surface area (Å²) in [5.74, 6) is 0.661. The minimum absolute atomic E-state index is 0.0530. The number of aryl methyl sites for hydroxylation is 1. The minimum Gasteiger partial charge on any atom is -0.390 e. The predicted octanol–water partition coefficient (Wildman–Crippen LogP) is 2.20. The standard InChI is InChI=1S/C13H14N2O/c1-2-10-3-5-11(6-4-10)13-14-8-7-12(9-16)15-13/h3-8,16H,2,9H2,1H3. The van der Waals surface area contributed by atoms with E-state index < -0.39 is 0 Å². The van der Waals surface area contributed by atoms with Crippen molar-refractivity contribution in [2.45, 2.75) is 20.0 Å². The van der Waals surface area contributed by atoms with Crippen molar-refractivity contribution in [2.24, 2.45) is 0 Å². The van der Waals surface area contributed by atoms with E-state index in [2.05, 4.69) is 29.0 Å². The van der Waals surface area contributed by atoms with Gasteiger partial charge in [0.25, 0.3) is 0 Å². The average Bonchev–Trinajstić information content (AvgIpc) is 2.39. The monoisotopic (exact) mass is 214 g/mol. The second-order valence-corrected chi connectivity index (χ2v) is 3.58. The van der Waals surface area contributed by atoms with Crippen LogP contribution in [0.25, 0.3) is 11.4 Å². The van der Waals surface area contributed by atoms with Gasteiger partial charge in [0.05, 0.1) is 12.3 Å². The Labute approximate surface area is 94.8 Å². The Morgan fingerprint density at radius 1 is 1.12 bits per heavy atom. The average molecular weight is 214 g/mol. The SMILES string of the molecule is CCc1ccc(-c2nccc(CO)n2)cc1. The summed E-state index contributed by atoms with van der Waals surface area (Å²) in [7, 11) is 0. The zero-order valence-corrected chi connectivity index (χ0v) is 9.22. The number of hydrogen-bond donors (Lipinski definition) is 1. The molecule has 3 nitrogen and oxygen atoms in total. The van der Waals surface area contributed by atoms with Crippen molar-refractivity contribution in [2.75, 3.05) is 0 Å². The molecule has 16 heavy (non-hydrogen) atoms. The first-order chi connectivity index (χ1) is 7.83. The molecule has 0 saturated heterocycles. The number of rotatable bonds is 3. The number of nitrogens with zero attached hydrogens (tertiary/aromatic N) is 2. The van der Waals surface area contributed by atoms with Crippen molar-refractivity contribution in [3.63, 3.8) is 0 Å². The van der Waals surface area contributed by atoms with Gasteiger partial charge in [-0.2, -0.15) is 0 Å². The molecule has 0 aliphatic heterocycles. The van der Waals surface area contributed by atoms with Crippen LogP contribution in [0.5, 0.6) is 0 Å². The van der Waals surface area contributed by atoms with E-state index in [0.717, 1.165) is 12.0 Å². The molecule has 0 saturated carbocycles. The Balaban J connectivity index is 2.34. The molecule has 0 radical (unpaired) electrons. The molecule has 1 aromatic carbocycles. The fraction of sp³-hybridized carbons (Fsp3) is 0.231. The first-order valence-electron chi connectivity index (χ1n) is 5.35. The molecule has 3 heteroatoms. The summed E-state index contributed by atoms with van der Waals surface area (Å²) in [6.07, 6.45) is 2.69. The van der Waals surface area contributed by atoms with Crippen LogP contribution < -0.4 is 0 Å². The lowest BCUT2D eigenvalue weighted by Crippen LogP contribution is -1.94. The van der Waals surface area contributed by atoms with Gasteiger partial charge in [-0.3, -0.25) is 0 Å². The Hall–Kier alpha value is -1.74. The minimum atomic E-state index is -0.0530. The van der Waals surface area contributed by atoms with Crippen LogP contribution >= 0.6 is 0 Å². The van der Waals surface area contributed by atoms with E-state index in [1.165, 1.54) is 5.56 Å². The van der Waals surface area contributed by atoms with E-state index in [1.807, 2.05) is 12.1 Å². The van der Waals surface area contributed by atoms with Gasteiger partial charge in [0.2, 0.25) is 0 Å². The van der Waals surface area contributed by atoms with Crippen molar-refractivity contribution in [1.29, 1.82) is 0 Å². The van der Waals surface area contributed by atoms with Crippen molar-refractivity contribution >= 4 is 0 Å². The number of hydrogen-bond acceptors (Lipinski definition) is 3. The molecule has 1 N–H and O–H groups in total. The van der Waals surface area contributed by atoms with Crippen LogP contribution in [0.2, 0.25) is 0 Å². The normalized spacial score (nSPS) is 10.4. The molecule has 0 atom stereocenters. The Bertz CT molecular complexity index is 466. The van der Waals surface area contributed by atoms with Gasteiger partial charge in [-0.25, -0.2) is 9.97 Å². The van der Waals surface area contributed by atoms with Crippen LogP contribution in [0.4, 0.5) is 0 Å². The molecular weight excluding hydrogens is 200 g/mol. The summed E-state index contributed by atoms with van der Waals surface area (Å²) in [6, 6.07) is 9.88. The molecule has 2 aromatic rings. The summed E-state index contributed by atoms with van der Waals surface area (Å²) in [5, 5.41) is 9.00. The number of aromatic nitrogens is 2. The maximum atomic E-state index is 9.00. The van der Waals surface area contributed by atoms with Crippen molar-refractivity contribution in [1.82, 2.24) is 9.97 Å². The van der Waals surface area contributed by atoms with Crippen molar-refractivity contribution in [3.8, 4) is 11.4 Å². The Kier molecular flexibility index (Phi) is 3.27. The van der Waals surface area contributed by atoms with Gasteiger partial charge in [-0.15, -0.1) is 0 Å². The van der Waals surface area contributed by atoms with E-state index in [-0.39, 0.29) is 6.61 Å². The predicted molar refractivity (Wildman–Crippen MR) is 62.8 cm³/mol. The van der Waals surface area contributed by atoms with Gasteiger partial charge in [0.1, 0.15) is 0 Å². The lowest BCUT2D eigenvalue weighted by atomic mass is 10.1. The van der Waals surface area contributed by atoms with E-state index in [0.29, 0.717) is 11.5 Å². The first-order valence-corrected chi connectivity index (χ1v) is 5.35. The van der Waals surface area contributed by atoms with Gasteiger partial charge in [0, 0.05) is 11.8 Å². The number of aliphatic hydroxyl groups excluding tert-OH is 1. The highest BCUT2D eigenvalue weighted by Crippen LogP contribution is 2.15. The summed E-state index contributed by atoms with van der Waals surface area (Å²) in [4.78, 5) is 8.45. The zero-order valence-electron chi connectivity index (χ0n) is 9.22. The lowest BCUT2D eigenvalue weighted by Gasteiger charge is -2.02. The summed E-state index contributed by atoms with van der Waals surface area (Å²) >= 11 is 0. The third-order valence-corrected chi connectivity index (χ3v) is 2.50. The fourth-order valence-electron chi connectivity index (χ4n) is 1.51. The largest absolute Gasteiger partial charge is 0.390 e. The van der Waals surface area contributed by atoms with E-state index in [9.17, 15) is 0 Å². The molecule has 1 aromatic heterocycles. The molecule has 0 unspecified atom stereocenters. The molecule has 0 bridgehead atoms. The molecule has 0 spiro atoms. The summed E-state index contributed by atoms with van der Waals surface area (Å²) in [5.41, 5.74) is 2.92. The molecular formula is C13H14N2O. The smallest absolute Gasteiger partial charge is 0.159 e. The van der Waals surface area contributed by atoms with Gasteiger partial charge in [0.15, 0.2) is 5.82 Å². The van der Waals surface area contributed by atoms with E-state index in [1.54, 1.807) is 12.3 Å². The zero-order chi connectivity index (χ0) is 11.4. The number of benzene rings is 1. The van der Waals surface area contributed by atoms with Crippen molar-refractivity contribution < 1.29 is 5.11 Å². The van der Waals surface area contributed by atoms with Crippen LogP contribution in [-0.4, -0.2) is 15.1 Å². The van der Waals surface area contributed by atoms with Gasteiger partial charge in [-0.1, -0.05) is 31.2 Å². The third kappa shape index (κ3) is 2.25. The van der Waals surface area contributed by atoms with Gasteiger partial charge >= 0.3 is 0 Å². The second-order valence-electron chi connectivity index (χ2n) is 3.58. The second kappa shape index (κ2) is 4.86. The maximum Gasteiger partial charge on any atom is 0.159 e. The highest BCUT2D eigenvalue weighted by Gasteiger charge is 2.01. The maximum absolute atomic E-state index is 9.00. The highest BCUT2D eigenvalue weighted by molar-refractivity contribution is 5.55.